The monoisotopic (exact) mass is 255 g/mol. The summed E-state index contributed by atoms with van der Waals surface area (Å²) in [6.07, 6.45) is 0.00306. The first-order valence-electron chi connectivity index (χ1n) is 5.77. The molecule has 1 heterocycles. The van der Waals surface area contributed by atoms with Crippen LogP contribution >= 0.6 is 0 Å². The quantitative estimate of drug-likeness (QED) is 0.835. The molecule has 0 spiro atoms. The minimum atomic E-state index is -0.210. The molecule has 1 aromatic carbocycles. The number of nitrogens with zero attached hydrogens (tertiary/aromatic N) is 3. The van der Waals surface area contributed by atoms with Gasteiger partial charge < -0.3 is 4.74 Å². The van der Waals surface area contributed by atoms with Gasteiger partial charge in [-0.25, -0.2) is 4.68 Å². The highest BCUT2D eigenvalue weighted by Crippen LogP contribution is 2.16. The molecule has 96 valence electrons. The van der Waals surface area contributed by atoms with Gasteiger partial charge in [-0.3, -0.25) is 4.79 Å². The van der Waals surface area contributed by atoms with Gasteiger partial charge in [0.25, 0.3) is 0 Å². The van der Waals surface area contributed by atoms with Crippen molar-refractivity contribution in [3.8, 4) is 17.5 Å². The van der Waals surface area contributed by atoms with Gasteiger partial charge in [0.2, 0.25) is 5.43 Å². The maximum absolute atomic E-state index is 11.7. The van der Waals surface area contributed by atoms with E-state index in [1.165, 1.54) is 6.07 Å². The fraction of sp³-hybridized carbons (Fsp3) is 0.214. The largest absolute Gasteiger partial charge is 0.497 e. The molecule has 0 atom stereocenters. The second-order valence-corrected chi connectivity index (χ2v) is 4.04. The summed E-state index contributed by atoms with van der Waals surface area (Å²) in [5, 5.41) is 12.9. The van der Waals surface area contributed by atoms with Crippen LogP contribution in [0.15, 0.2) is 35.1 Å². The van der Waals surface area contributed by atoms with Crippen molar-refractivity contribution in [3.63, 3.8) is 0 Å². The molecule has 2 rings (SSSR count). The van der Waals surface area contributed by atoms with Crippen molar-refractivity contribution in [1.29, 1.82) is 5.26 Å². The molecule has 0 aliphatic rings. The summed E-state index contributed by atoms with van der Waals surface area (Å²) in [7, 11) is 1.59. The third kappa shape index (κ3) is 2.63. The van der Waals surface area contributed by atoms with Crippen LogP contribution in [-0.2, 0) is 6.42 Å². The van der Waals surface area contributed by atoms with Crippen LogP contribution in [0.3, 0.4) is 0 Å². The summed E-state index contributed by atoms with van der Waals surface area (Å²) in [6, 6.07) is 10.8. The lowest BCUT2D eigenvalue weighted by Crippen LogP contribution is -2.18. The molecule has 0 aliphatic heterocycles. The summed E-state index contributed by atoms with van der Waals surface area (Å²) in [5.74, 6) is 0.708. The Morgan fingerprint density at radius 1 is 1.42 bits per heavy atom. The predicted molar refractivity (Wildman–Crippen MR) is 70.4 cm³/mol. The molecule has 1 aromatic heterocycles. The number of nitriles is 1. The van der Waals surface area contributed by atoms with E-state index in [0.29, 0.717) is 11.4 Å². The molecule has 0 unspecified atom stereocenters. The van der Waals surface area contributed by atoms with Crippen molar-refractivity contribution in [1.82, 2.24) is 9.78 Å². The Kier molecular flexibility index (Phi) is 3.62. The second kappa shape index (κ2) is 5.36. The Morgan fingerprint density at radius 3 is 2.89 bits per heavy atom. The third-order valence-electron chi connectivity index (χ3n) is 2.72. The van der Waals surface area contributed by atoms with Crippen LogP contribution in [0.5, 0.6) is 5.75 Å². The van der Waals surface area contributed by atoms with Gasteiger partial charge in [0, 0.05) is 17.8 Å². The molecule has 0 radical (unpaired) electrons. The van der Waals surface area contributed by atoms with Crippen molar-refractivity contribution < 1.29 is 4.74 Å². The van der Waals surface area contributed by atoms with Gasteiger partial charge >= 0.3 is 0 Å². The maximum atomic E-state index is 11.7. The molecule has 0 amide bonds. The first kappa shape index (κ1) is 12.8. The van der Waals surface area contributed by atoms with Gasteiger partial charge in [-0.05, 0) is 19.1 Å². The van der Waals surface area contributed by atoms with Gasteiger partial charge in [0.05, 0.1) is 25.3 Å². The average molecular weight is 255 g/mol. The molecule has 5 nitrogen and oxygen atoms in total. The lowest BCUT2D eigenvalue weighted by Gasteiger charge is -2.11. The molecule has 0 N–H and O–H groups in total. The van der Waals surface area contributed by atoms with E-state index in [4.69, 9.17) is 10.00 Å². The fourth-order valence-electron chi connectivity index (χ4n) is 1.78. The van der Waals surface area contributed by atoms with Crippen molar-refractivity contribution in [2.24, 2.45) is 0 Å². The van der Waals surface area contributed by atoms with E-state index in [2.05, 4.69) is 5.10 Å². The average Bonchev–Trinajstić information content (AvgIpc) is 2.42. The molecule has 0 saturated carbocycles. The topological polar surface area (TPSA) is 67.9 Å². The zero-order valence-electron chi connectivity index (χ0n) is 10.8. The molecule has 0 saturated heterocycles. The standard InChI is InChI=1S/C14H13N3O2/c1-10-8-14(18)13(6-7-15)16-17(10)11-4-3-5-12(9-11)19-2/h3-5,8-9H,6H2,1-2H3. The van der Waals surface area contributed by atoms with E-state index < -0.39 is 0 Å². The Morgan fingerprint density at radius 2 is 2.21 bits per heavy atom. The number of aromatic nitrogens is 2. The third-order valence-corrected chi connectivity index (χ3v) is 2.72. The zero-order chi connectivity index (χ0) is 13.8. The highest BCUT2D eigenvalue weighted by Gasteiger charge is 2.07. The summed E-state index contributed by atoms with van der Waals surface area (Å²) < 4.78 is 6.80. The van der Waals surface area contributed by atoms with Crippen LogP contribution in [0.1, 0.15) is 11.4 Å². The van der Waals surface area contributed by atoms with Crippen molar-refractivity contribution in [2.45, 2.75) is 13.3 Å². The highest BCUT2D eigenvalue weighted by molar-refractivity contribution is 5.39. The lowest BCUT2D eigenvalue weighted by molar-refractivity contribution is 0.414. The summed E-state index contributed by atoms with van der Waals surface area (Å²) in [4.78, 5) is 11.7. The van der Waals surface area contributed by atoms with E-state index in [9.17, 15) is 4.79 Å². The number of benzene rings is 1. The zero-order valence-corrected chi connectivity index (χ0v) is 10.8. The van der Waals surface area contributed by atoms with Crippen LogP contribution in [0, 0.1) is 18.3 Å². The molecule has 0 fully saturated rings. The number of methoxy groups -OCH3 is 1. The first-order valence-corrected chi connectivity index (χ1v) is 5.77. The van der Waals surface area contributed by atoms with Crippen molar-refractivity contribution >= 4 is 0 Å². The van der Waals surface area contributed by atoms with E-state index in [-0.39, 0.29) is 17.5 Å². The van der Waals surface area contributed by atoms with Crippen LogP contribution in [0.4, 0.5) is 0 Å². The number of hydrogen-bond acceptors (Lipinski definition) is 4. The van der Waals surface area contributed by atoms with Gasteiger partial charge in [-0.2, -0.15) is 10.4 Å². The smallest absolute Gasteiger partial charge is 0.204 e. The van der Waals surface area contributed by atoms with Gasteiger partial charge in [0.15, 0.2) is 0 Å². The molecule has 0 aliphatic carbocycles. The maximum Gasteiger partial charge on any atom is 0.204 e. The molecule has 0 bridgehead atoms. The van der Waals surface area contributed by atoms with Gasteiger partial charge in [-0.15, -0.1) is 0 Å². The van der Waals surface area contributed by atoms with E-state index in [0.717, 1.165) is 5.69 Å². The second-order valence-electron chi connectivity index (χ2n) is 4.04. The lowest BCUT2D eigenvalue weighted by atomic mass is 10.2. The summed E-state index contributed by atoms with van der Waals surface area (Å²) >= 11 is 0. The number of rotatable bonds is 3. The molecular weight excluding hydrogens is 242 g/mol. The van der Waals surface area contributed by atoms with Gasteiger partial charge in [-0.1, -0.05) is 6.07 Å². The molecule has 19 heavy (non-hydrogen) atoms. The van der Waals surface area contributed by atoms with Crippen LogP contribution in [0.2, 0.25) is 0 Å². The Bertz CT molecular complexity index is 699. The van der Waals surface area contributed by atoms with Crippen LogP contribution in [0.25, 0.3) is 5.69 Å². The van der Waals surface area contributed by atoms with Crippen molar-refractivity contribution in [2.75, 3.05) is 7.11 Å². The predicted octanol–water partition coefficient (Wildman–Crippen LogP) is 1.62. The van der Waals surface area contributed by atoms with Crippen LogP contribution < -0.4 is 10.2 Å². The van der Waals surface area contributed by atoms with Crippen LogP contribution in [-0.4, -0.2) is 16.9 Å². The highest BCUT2D eigenvalue weighted by atomic mass is 16.5. The molecule has 2 aromatic rings. The Labute approximate surface area is 110 Å². The normalized spacial score (nSPS) is 9.95. The van der Waals surface area contributed by atoms with Gasteiger partial charge in [0.1, 0.15) is 11.4 Å². The Balaban J connectivity index is 2.58. The van der Waals surface area contributed by atoms with E-state index in [1.54, 1.807) is 18.7 Å². The number of hydrogen-bond donors (Lipinski definition) is 0. The van der Waals surface area contributed by atoms with E-state index in [1.807, 2.05) is 30.3 Å². The molecular formula is C14H13N3O2. The first-order chi connectivity index (χ1) is 9.15. The minimum absolute atomic E-state index is 0.00306. The van der Waals surface area contributed by atoms with E-state index >= 15 is 0 Å². The SMILES string of the molecule is COc1cccc(-n2nc(CC#N)c(=O)cc2C)c1. The molecule has 5 heteroatoms. The Hall–Kier alpha value is -2.61. The van der Waals surface area contributed by atoms with Crippen molar-refractivity contribution in [3.05, 3.63) is 51.9 Å². The summed E-state index contributed by atoms with van der Waals surface area (Å²) in [5.41, 5.74) is 1.53. The summed E-state index contributed by atoms with van der Waals surface area (Å²) in [6.45, 7) is 1.80. The minimum Gasteiger partial charge on any atom is -0.497 e. The number of ether oxygens (including phenoxy) is 1. The number of aryl methyl sites for hydroxylation is 1. The fourth-order valence-corrected chi connectivity index (χ4v) is 1.78.